The molecular formula is C10H18N2O. The van der Waals surface area contributed by atoms with Crippen LogP contribution in [0.5, 0.6) is 0 Å². The van der Waals surface area contributed by atoms with E-state index in [2.05, 4.69) is 25.7 Å². The number of carbonyl (C=O) groups excluding carboxylic acids is 1. The van der Waals surface area contributed by atoms with Crippen LogP contribution in [0.4, 0.5) is 0 Å². The zero-order chi connectivity index (χ0) is 9.84. The lowest BCUT2D eigenvalue weighted by Crippen LogP contribution is -2.57. The molecule has 1 N–H and O–H groups in total. The summed E-state index contributed by atoms with van der Waals surface area (Å²) in [5, 5.41) is 3.29. The smallest absolute Gasteiger partial charge is 0.226 e. The molecule has 0 radical (unpaired) electrons. The highest BCUT2D eigenvalue weighted by molar-refractivity contribution is 5.78. The Kier molecular flexibility index (Phi) is 3.48. The van der Waals surface area contributed by atoms with E-state index in [4.69, 9.17) is 0 Å². The van der Waals surface area contributed by atoms with Crippen molar-refractivity contribution in [2.24, 2.45) is 0 Å². The largest absolute Gasteiger partial charge is 0.334 e. The van der Waals surface area contributed by atoms with Crippen LogP contribution in [0.3, 0.4) is 0 Å². The van der Waals surface area contributed by atoms with Gasteiger partial charge in [0.2, 0.25) is 5.91 Å². The summed E-state index contributed by atoms with van der Waals surface area (Å²) in [6, 6.07) is 0.604. The minimum absolute atomic E-state index is 0.191. The van der Waals surface area contributed by atoms with Crippen molar-refractivity contribution in [3.8, 4) is 0 Å². The molecular weight excluding hydrogens is 164 g/mol. The summed E-state index contributed by atoms with van der Waals surface area (Å²) >= 11 is 0. The van der Waals surface area contributed by atoms with Crippen LogP contribution in [0.25, 0.3) is 0 Å². The van der Waals surface area contributed by atoms with Crippen molar-refractivity contribution >= 4 is 5.91 Å². The minimum atomic E-state index is 0.191. The van der Waals surface area contributed by atoms with E-state index in [0.717, 1.165) is 13.1 Å². The van der Waals surface area contributed by atoms with E-state index in [1.807, 2.05) is 4.90 Å². The Morgan fingerprint density at radius 3 is 2.54 bits per heavy atom. The first-order valence-electron chi connectivity index (χ1n) is 4.79. The maximum Gasteiger partial charge on any atom is 0.226 e. The molecule has 0 bridgehead atoms. The normalized spacial score (nSPS) is 28.6. The van der Waals surface area contributed by atoms with Gasteiger partial charge in [-0.3, -0.25) is 4.79 Å². The van der Waals surface area contributed by atoms with E-state index in [1.165, 1.54) is 0 Å². The first kappa shape index (κ1) is 10.3. The number of hydrogen-bond donors (Lipinski definition) is 1. The van der Waals surface area contributed by atoms with Gasteiger partial charge in [0.25, 0.3) is 0 Å². The molecule has 2 atom stereocenters. The molecule has 0 aliphatic carbocycles. The molecule has 1 aliphatic rings. The molecule has 2 unspecified atom stereocenters. The second-order valence-corrected chi connectivity index (χ2v) is 3.65. The average Bonchev–Trinajstić information content (AvgIpc) is 2.04. The predicted octanol–water partition coefficient (Wildman–Crippen LogP) is 0.771. The topological polar surface area (TPSA) is 32.3 Å². The Labute approximate surface area is 79.8 Å². The second-order valence-electron chi connectivity index (χ2n) is 3.65. The number of carbonyl (C=O) groups is 1. The molecule has 1 rings (SSSR count). The Balaban J connectivity index is 2.62. The maximum absolute atomic E-state index is 11.6. The van der Waals surface area contributed by atoms with Gasteiger partial charge in [0.1, 0.15) is 0 Å². The van der Waals surface area contributed by atoms with E-state index in [-0.39, 0.29) is 5.91 Å². The highest BCUT2D eigenvalue weighted by Gasteiger charge is 2.27. The van der Waals surface area contributed by atoms with Crippen molar-refractivity contribution in [3.63, 3.8) is 0 Å². The summed E-state index contributed by atoms with van der Waals surface area (Å²) in [5.41, 5.74) is 0. The van der Waals surface area contributed by atoms with E-state index >= 15 is 0 Å². The van der Waals surface area contributed by atoms with Gasteiger partial charge >= 0.3 is 0 Å². The van der Waals surface area contributed by atoms with Gasteiger partial charge < -0.3 is 10.2 Å². The number of hydrogen-bond acceptors (Lipinski definition) is 2. The fourth-order valence-corrected chi connectivity index (χ4v) is 1.85. The molecule has 0 spiro atoms. The van der Waals surface area contributed by atoms with Gasteiger partial charge in [-0.1, -0.05) is 6.08 Å². The third-order valence-corrected chi connectivity index (χ3v) is 2.44. The van der Waals surface area contributed by atoms with Gasteiger partial charge in [0.05, 0.1) is 0 Å². The third-order valence-electron chi connectivity index (χ3n) is 2.44. The fraction of sp³-hybridized carbons (Fsp3) is 0.700. The number of piperazine rings is 1. The van der Waals surface area contributed by atoms with Crippen molar-refractivity contribution < 1.29 is 4.79 Å². The Bertz CT molecular complexity index is 193. The van der Waals surface area contributed by atoms with Crippen LogP contribution < -0.4 is 5.32 Å². The summed E-state index contributed by atoms with van der Waals surface area (Å²) in [6.07, 6.45) is 2.12. The van der Waals surface area contributed by atoms with Crippen molar-refractivity contribution in [1.82, 2.24) is 10.2 Å². The van der Waals surface area contributed by atoms with Gasteiger partial charge in [-0.15, -0.1) is 6.58 Å². The molecule has 1 aliphatic heterocycles. The van der Waals surface area contributed by atoms with Crippen molar-refractivity contribution in [3.05, 3.63) is 12.7 Å². The molecule has 1 saturated heterocycles. The quantitative estimate of drug-likeness (QED) is 0.640. The molecule has 1 amide bonds. The molecule has 0 saturated carbocycles. The second kappa shape index (κ2) is 4.42. The van der Waals surface area contributed by atoms with Crippen LogP contribution >= 0.6 is 0 Å². The van der Waals surface area contributed by atoms with Gasteiger partial charge in [0, 0.05) is 31.6 Å². The van der Waals surface area contributed by atoms with E-state index in [1.54, 1.807) is 6.08 Å². The molecule has 13 heavy (non-hydrogen) atoms. The SMILES string of the molecule is C=CCC(=O)N1C(C)CNCC1C. The van der Waals surface area contributed by atoms with Gasteiger partial charge in [-0.05, 0) is 13.8 Å². The third kappa shape index (κ3) is 2.31. The van der Waals surface area contributed by atoms with Crippen LogP contribution in [0.2, 0.25) is 0 Å². The zero-order valence-electron chi connectivity index (χ0n) is 8.42. The molecule has 3 nitrogen and oxygen atoms in total. The van der Waals surface area contributed by atoms with Crippen LogP contribution in [0.1, 0.15) is 20.3 Å². The first-order valence-corrected chi connectivity index (χ1v) is 4.79. The minimum Gasteiger partial charge on any atom is -0.334 e. The Hall–Kier alpha value is -0.830. The van der Waals surface area contributed by atoms with Crippen molar-refractivity contribution in [1.29, 1.82) is 0 Å². The lowest BCUT2D eigenvalue weighted by Gasteiger charge is -2.39. The van der Waals surface area contributed by atoms with Crippen LogP contribution in [0.15, 0.2) is 12.7 Å². The lowest BCUT2D eigenvalue weighted by atomic mass is 10.1. The maximum atomic E-state index is 11.6. The zero-order valence-corrected chi connectivity index (χ0v) is 8.42. The molecule has 0 aromatic heterocycles. The van der Waals surface area contributed by atoms with Gasteiger partial charge in [-0.2, -0.15) is 0 Å². The number of nitrogens with zero attached hydrogens (tertiary/aromatic N) is 1. The number of rotatable bonds is 2. The number of amides is 1. The Morgan fingerprint density at radius 1 is 1.54 bits per heavy atom. The number of nitrogens with one attached hydrogen (secondary N) is 1. The predicted molar refractivity (Wildman–Crippen MR) is 53.5 cm³/mol. The summed E-state index contributed by atoms with van der Waals surface area (Å²) < 4.78 is 0. The van der Waals surface area contributed by atoms with Crippen molar-refractivity contribution in [2.45, 2.75) is 32.4 Å². The highest BCUT2D eigenvalue weighted by Crippen LogP contribution is 2.11. The van der Waals surface area contributed by atoms with Gasteiger partial charge in [-0.25, -0.2) is 0 Å². The molecule has 74 valence electrons. The first-order chi connectivity index (χ1) is 6.16. The molecule has 0 aromatic carbocycles. The van der Waals surface area contributed by atoms with Crippen LogP contribution in [-0.2, 0) is 4.79 Å². The summed E-state index contributed by atoms with van der Waals surface area (Å²) in [4.78, 5) is 13.6. The standard InChI is InChI=1S/C10H18N2O/c1-4-5-10(13)12-8(2)6-11-7-9(12)3/h4,8-9,11H,1,5-7H2,2-3H3. The van der Waals surface area contributed by atoms with Crippen LogP contribution in [-0.4, -0.2) is 36.0 Å². The van der Waals surface area contributed by atoms with E-state index in [9.17, 15) is 4.79 Å². The van der Waals surface area contributed by atoms with Gasteiger partial charge in [0.15, 0.2) is 0 Å². The summed E-state index contributed by atoms with van der Waals surface area (Å²) in [7, 11) is 0. The van der Waals surface area contributed by atoms with E-state index in [0.29, 0.717) is 18.5 Å². The fourth-order valence-electron chi connectivity index (χ4n) is 1.85. The molecule has 1 heterocycles. The summed E-state index contributed by atoms with van der Waals surface area (Å²) in [6.45, 7) is 9.52. The van der Waals surface area contributed by atoms with E-state index < -0.39 is 0 Å². The average molecular weight is 182 g/mol. The van der Waals surface area contributed by atoms with Crippen LogP contribution in [0, 0.1) is 0 Å². The Morgan fingerprint density at radius 2 is 2.08 bits per heavy atom. The highest BCUT2D eigenvalue weighted by atomic mass is 16.2. The molecule has 3 heteroatoms. The summed E-state index contributed by atoms with van der Waals surface area (Å²) in [5.74, 6) is 0.191. The lowest BCUT2D eigenvalue weighted by molar-refractivity contribution is -0.135. The molecule has 0 aromatic rings. The van der Waals surface area contributed by atoms with Crippen molar-refractivity contribution in [2.75, 3.05) is 13.1 Å². The molecule has 1 fully saturated rings. The monoisotopic (exact) mass is 182 g/mol.